The second kappa shape index (κ2) is 15.3. The van der Waals surface area contributed by atoms with E-state index in [1.807, 2.05) is 122 Å². The van der Waals surface area contributed by atoms with Crippen molar-refractivity contribution in [3.8, 4) is 6.07 Å². The van der Waals surface area contributed by atoms with E-state index in [1.54, 1.807) is 32.9 Å². The summed E-state index contributed by atoms with van der Waals surface area (Å²) in [6.07, 6.45) is -0.790. The van der Waals surface area contributed by atoms with Crippen LogP contribution in [0.4, 0.5) is 4.79 Å². The number of rotatable bonds is 11. The van der Waals surface area contributed by atoms with E-state index in [2.05, 4.69) is 22.0 Å². The van der Waals surface area contributed by atoms with Crippen molar-refractivity contribution >= 4 is 32.1 Å². The molecule has 10 heteroatoms. The van der Waals surface area contributed by atoms with Gasteiger partial charge in [-0.2, -0.15) is 13.7 Å². The average molecular weight is 794 g/mol. The van der Waals surface area contributed by atoms with E-state index < -0.39 is 51.5 Å². The molecule has 8 nitrogen and oxygen atoms in total. The number of likely N-dealkylation sites (tertiary alicyclic amines) is 1. The van der Waals surface area contributed by atoms with Gasteiger partial charge in [-0.1, -0.05) is 137 Å². The predicted molar refractivity (Wildman–Crippen MR) is 207 cm³/mol. The van der Waals surface area contributed by atoms with E-state index in [9.17, 15) is 18.5 Å². The van der Waals surface area contributed by atoms with Gasteiger partial charge >= 0.3 is 6.09 Å². The summed E-state index contributed by atoms with van der Waals surface area (Å²) >= 11 is 3.51. The predicted octanol–water partition coefficient (Wildman–Crippen LogP) is 9.14. The molecular formula is C43H41BrN2O6S. The molecule has 0 aliphatic carbocycles. The van der Waals surface area contributed by atoms with Gasteiger partial charge in [0.2, 0.25) is 0 Å². The number of ether oxygens (including phenoxy) is 2. The van der Waals surface area contributed by atoms with Gasteiger partial charge in [0.15, 0.2) is 5.54 Å². The number of nitrogens with zero attached hydrogens (tertiary/aromatic N) is 2. The smallest absolute Gasteiger partial charge is 0.412 e. The maximum Gasteiger partial charge on any atom is 0.412 e. The zero-order chi connectivity index (χ0) is 37.9. The molecule has 5 aromatic carbocycles. The lowest BCUT2D eigenvalue weighted by Crippen LogP contribution is -2.76. The van der Waals surface area contributed by atoms with Crippen LogP contribution in [0.25, 0.3) is 0 Å². The molecule has 272 valence electrons. The van der Waals surface area contributed by atoms with Crippen LogP contribution in [0.5, 0.6) is 0 Å². The summed E-state index contributed by atoms with van der Waals surface area (Å²) in [4.78, 5) is 15.6. The molecule has 1 fully saturated rings. The monoisotopic (exact) mass is 792 g/mol. The maximum atomic E-state index is 14.3. The lowest BCUT2D eigenvalue weighted by molar-refractivity contribution is -0.127. The van der Waals surface area contributed by atoms with Crippen molar-refractivity contribution in [2.45, 2.75) is 61.3 Å². The Morgan fingerprint density at radius 2 is 1.28 bits per heavy atom. The van der Waals surface area contributed by atoms with Crippen molar-refractivity contribution in [3.63, 3.8) is 0 Å². The second-order valence-corrected chi connectivity index (χ2v) is 16.6. The van der Waals surface area contributed by atoms with Gasteiger partial charge in [0, 0.05) is 10.4 Å². The van der Waals surface area contributed by atoms with Gasteiger partial charge in [-0.3, -0.25) is 9.08 Å². The van der Waals surface area contributed by atoms with E-state index in [1.165, 1.54) is 17.0 Å². The highest BCUT2D eigenvalue weighted by Gasteiger charge is 2.66. The van der Waals surface area contributed by atoms with Crippen molar-refractivity contribution in [1.82, 2.24) is 4.90 Å². The largest absolute Gasteiger partial charge is 0.444 e. The van der Waals surface area contributed by atoms with Gasteiger partial charge in [-0.25, -0.2) is 4.79 Å². The van der Waals surface area contributed by atoms with Gasteiger partial charge in [0.05, 0.1) is 23.6 Å². The third-order valence-electron chi connectivity index (χ3n) is 9.43. The van der Waals surface area contributed by atoms with E-state index >= 15 is 0 Å². The Morgan fingerprint density at radius 3 is 1.74 bits per heavy atom. The number of hydrogen-bond acceptors (Lipinski definition) is 7. The molecule has 1 unspecified atom stereocenters. The molecule has 1 amide bonds. The molecule has 53 heavy (non-hydrogen) atoms. The van der Waals surface area contributed by atoms with Crippen LogP contribution in [0.15, 0.2) is 149 Å². The summed E-state index contributed by atoms with van der Waals surface area (Å²) < 4.78 is 46.7. The Labute approximate surface area is 320 Å². The van der Waals surface area contributed by atoms with Gasteiger partial charge < -0.3 is 9.47 Å². The zero-order valence-corrected chi connectivity index (χ0v) is 32.4. The Balaban J connectivity index is 1.49. The molecular weight excluding hydrogens is 752 g/mol. The lowest BCUT2D eigenvalue weighted by atomic mass is 9.66. The first-order chi connectivity index (χ1) is 25.3. The maximum absolute atomic E-state index is 14.3. The van der Waals surface area contributed by atoms with Crippen molar-refractivity contribution in [1.29, 1.82) is 5.26 Å². The summed E-state index contributed by atoms with van der Waals surface area (Å²) in [5.41, 5.74) is 0.302. The number of halogens is 1. The first-order valence-corrected chi connectivity index (χ1v) is 19.5. The molecule has 0 N–H and O–H groups in total. The first kappa shape index (κ1) is 38.0. The Hall–Kier alpha value is -4.79. The van der Waals surface area contributed by atoms with E-state index in [0.29, 0.717) is 5.56 Å². The minimum atomic E-state index is -4.32. The number of aryl methyl sites for hydroxylation is 1. The summed E-state index contributed by atoms with van der Waals surface area (Å²) in [5, 5.41) is 11.1. The van der Waals surface area contributed by atoms with Crippen LogP contribution in [0.2, 0.25) is 0 Å². The van der Waals surface area contributed by atoms with Crippen LogP contribution >= 0.6 is 15.9 Å². The van der Waals surface area contributed by atoms with Crippen molar-refractivity contribution in [2.24, 2.45) is 0 Å². The molecule has 0 spiro atoms. The van der Waals surface area contributed by atoms with E-state index in [0.717, 1.165) is 26.7 Å². The molecule has 0 saturated carbocycles. The fourth-order valence-electron chi connectivity index (χ4n) is 7.01. The van der Waals surface area contributed by atoms with Crippen LogP contribution in [0.3, 0.4) is 0 Å². The van der Waals surface area contributed by atoms with Crippen LogP contribution in [0.1, 0.15) is 54.5 Å². The first-order valence-electron chi connectivity index (χ1n) is 17.3. The van der Waals surface area contributed by atoms with Gasteiger partial charge in [-0.15, -0.1) is 0 Å². The van der Waals surface area contributed by atoms with Crippen molar-refractivity contribution in [2.75, 3.05) is 13.2 Å². The molecule has 1 aliphatic heterocycles. The molecule has 6 rings (SSSR count). The second-order valence-electron chi connectivity index (χ2n) is 14.1. The highest BCUT2D eigenvalue weighted by molar-refractivity contribution is 9.10. The normalized spacial score (nSPS) is 18.8. The number of carbonyl (C=O) groups is 1. The summed E-state index contributed by atoms with van der Waals surface area (Å²) in [6.45, 7) is 6.35. The topological polar surface area (TPSA) is 106 Å². The summed E-state index contributed by atoms with van der Waals surface area (Å²) in [7, 11) is -4.32. The van der Waals surface area contributed by atoms with Crippen LogP contribution < -0.4 is 0 Å². The van der Waals surface area contributed by atoms with Crippen LogP contribution in [-0.2, 0) is 29.4 Å². The Bertz CT molecular complexity index is 2070. The Morgan fingerprint density at radius 1 is 0.792 bits per heavy atom. The molecule has 1 saturated heterocycles. The molecule has 0 radical (unpaired) electrons. The molecule has 3 atom stereocenters. The fourth-order valence-corrected chi connectivity index (χ4v) is 8.22. The van der Waals surface area contributed by atoms with Gasteiger partial charge in [0.25, 0.3) is 10.1 Å². The zero-order valence-electron chi connectivity index (χ0n) is 30.0. The van der Waals surface area contributed by atoms with Crippen LogP contribution in [-0.4, -0.2) is 49.8 Å². The lowest BCUT2D eigenvalue weighted by Gasteiger charge is -2.59. The minimum absolute atomic E-state index is 0.0576. The highest BCUT2D eigenvalue weighted by Crippen LogP contribution is 2.52. The fraction of sp³-hybridized carbons (Fsp3) is 0.256. The summed E-state index contributed by atoms with van der Waals surface area (Å²) in [6, 6.07) is 44.7. The summed E-state index contributed by atoms with van der Waals surface area (Å²) in [5.74, 6) is -0.749. The minimum Gasteiger partial charge on any atom is -0.444 e. The molecule has 1 heterocycles. The molecule has 5 aromatic rings. The number of benzene rings is 5. The third kappa shape index (κ3) is 7.66. The molecule has 0 bridgehead atoms. The number of nitriles is 1. The van der Waals surface area contributed by atoms with Crippen molar-refractivity contribution < 1.29 is 26.9 Å². The Kier molecular flexibility index (Phi) is 10.9. The van der Waals surface area contributed by atoms with E-state index in [4.69, 9.17) is 13.7 Å². The average Bonchev–Trinajstić information content (AvgIpc) is 3.14. The number of amides is 1. The molecule has 1 aliphatic rings. The van der Waals surface area contributed by atoms with E-state index in [-0.39, 0.29) is 11.5 Å². The SMILES string of the molecule is Cc1ccc(S(=O)(=O)OCC2(C#N)[C@@H](c3ccc(Br)cc3)[C@H](COC(c3ccccc3)(c3ccccc3)c3ccccc3)N2C(=O)OC(C)(C)C)cc1. The van der Waals surface area contributed by atoms with Crippen LogP contribution in [0, 0.1) is 18.3 Å². The quantitative estimate of drug-likeness (QED) is 0.0971. The number of hydrogen-bond donors (Lipinski definition) is 0. The number of carbonyl (C=O) groups excluding carboxylic acids is 1. The standard InChI is InChI=1S/C43H41BrN2O6S/c1-31-20-26-37(27-21-31)53(48,49)51-30-42(29-45)39(32-22-24-36(44)25-23-32)38(46(42)40(47)52-41(2,3)4)28-50-43(33-14-8-5-9-15-33,34-16-10-6-11-17-34)35-18-12-7-13-19-35/h5-27,38-39H,28,30H2,1-4H3/t38-,39-,42?/m0/s1. The highest BCUT2D eigenvalue weighted by atomic mass is 79.9. The third-order valence-corrected chi connectivity index (χ3v) is 11.2. The van der Waals surface area contributed by atoms with Gasteiger partial charge in [-0.05, 0) is 74.2 Å². The van der Waals surface area contributed by atoms with Crippen molar-refractivity contribution in [3.05, 3.63) is 172 Å². The van der Waals surface area contributed by atoms with Gasteiger partial charge in [0.1, 0.15) is 17.8 Å². The molecule has 0 aromatic heterocycles.